The number of anilines is 1. The Morgan fingerprint density at radius 1 is 1.40 bits per heavy atom. The van der Waals surface area contributed by atoms with Gasteiger partial charge in [0.1, 0.15) is 5.52 Å². The van der Waals surface area contributed by atoms with Gasteiger partial charge in [-0.15, -0.1) is 0 Å². The van der Waals surface area contributed by atoms with Crippen molar-refractivity contribution in [1.29, 1.82) is 0 Å². The molecule has 1 atom stereocenters. The molecule has 3 N–H and O–H groups in total. The molecule has 1 aliphatic rings. The number of aromatic nitrogens is 3. The molecular weight excluding hydrogens is 337 g/mol. The molecule has 0 aromatic carbocycles. The van der Waals surface area contributed by atoms with Gasteiger partial charge in [0, 0.05) is 18.8 Å². The van der Waals surface area contributed by atoms with Gasteiger partial charge in [-0.05, 0) is 25.5 Å². The van der Waals surface area contributed by atoms with E-state index >= 15 is 0 Å². The quantitative estimate of drug-likeness (QED) is 0.786. The smallest absolute Gasteiger partial charge is 0.345 e. The van der Waals surface area contributed by atoms with Gasteiger partial charge in [-0.1, -0.05) is 6.42 Å². The molecule has 1 fully saturated rings. The van der Waals surface area contributed by atoms with Gasteiger partial charge < -0.3 is 10.3 Å². The van der Waals surface area contributed by atoms with Gasteiger partial charge in [0.25, 0.3) is 0 Å². The van der Waals surface area contributed by atoms with Crippen molar-refractivity contribution in [3.8, 4) is 0 Å². The number of halogens is 3. The minimum Gasteiger partial charge on any atom is -0.345 e. The zero-order chi connectivity index (χ0) is 17.9. The Morgan fingerprint density at radius 3 is 3.04 bits per heavy atom. The number of carbonyl (C=O) groups is 1. The summed E-state index contributed by atoms with van der Waals surface area (Å²) in [7, 11) is 0. The maximum atomic E-state index is 12.6. The summed E-state index contributed by atoms with van der Waals surface area (Å²) in [6.07, 6.45) is 1.09. The molecule has 0 bridgehead atoms. The summed E-state index contributed by atoms with van der Waals surface area (Å²) in [5.74, 6) is 0.278. The second kappa shape index (κ2) is 7.26. The fourth-order valence-electron chi connectivity index (χ4n) is 2.99. The number of likely N-dealkylation sites (tertiary alicyclic amines) is 1. The molecule has 3 heterocycles. The summed E-state index contributed by atoms with van der Waals surface area (Å²) >= 11 is 0. The van der Waals surface area contributed by atoms with Gasteiger partial charge >= 0.3 is 12.2 Å². The maximum absolute atomic E-state index is 12.6. The van der Waals surface area contributed by atoms with Crippen LogP contribution in [0, 0.1) is 0 Å². The number of piperidine rings is 1. The minimum absolute atomic E-state index is 0.155. The number of aromatic amines is 1. The Labute approximate surface area is 142 Å². The molecule has 10 heteroatoms. The van der Waals surface area contributed by atoms with Crippen LogP contribution in [0.3, 0.4) is 0 Å². The number of hydrogen-bond acceptors (Lipinski definition) is 4. The van der Waals surface area contributed by atoms with E-state index in [1.165, 1.54) is 11.1 Å². The van der Waals surface area contributed by atoms with E-state index < -0.39 is 18.8 Å². The molecule has 7 nitrogen and oxygen atoms in total. The molecule has 1 aliphatic heterocycles. The van der Waals surface area contributed by atoms with Crippen molar-refractivity contribution in [2.24, 2.45) is 0 Å². The van der Waals surface area contributed by atoms with E-state index in [0.717, 1.165) is 12.8 Å². The zero-order valence-corrected chi connectivity index (χ0v) is 13.4. The van der Waals surface area contributed by atoms with Crippen LogP contribution in [0.4, 0.5) is 23.8 Å². The van der Waals surface area contributed by atoms with Crippen molar-refractivity contribution in [2.75, 3.05) is 25.0 Å². The highest BCUT2D eigenvalue weighted by molar-refractivity contribution is 5.89. The van der Waals surface area contributed by atoms with Crippen LogP contribution in [0.15, 0.2) is 18.5 Å². The average molecular weight is 356 g/mol. The van der Waals surface area contributed by atoms with Crippen molar-refractivity contribution in [3.05, 3.63) is 18.5 Å². The lowest BCUT2D eigenvalue weighted by molar-refractivity contribution is -0.153. The molecule has 1 saturated heterocycles. The van der Waals surface area contributed by atoms with E-state index in [-0.39, 0.29) is 18.4 Å². The van der Waals surface area contributed by atoms with Gasteiger partial charge in [0.15, 0.2) is 11.5 Å². The lowest BCUT2D eigenvalue weighted by Crippen LogP contribution is -2.50. The molecule has 1 unspecified atom stereocenters. The molecular formula is C15H19F3N6O. The van der Waals surface area contributed by atoms with E-state index in [1.54, 1.807) is 12.3 Å². The Balaban J connectivity index is 1.53. The van der Waals surface area contributed by atoms with Gasteiger partial charge in [-0.3, -0.25) is 10.2 Å². The maximum Gasteiger partial charge on any atom is 0.401 e. The number of urea groups is 1. The molecule has 25 heavy (non-hydrogen) atoms. The molecule has 2 amide bonds. The van der Waals surface area contributed by atoms with E-state index in [9.17, 15) is 18.0 Å². The highest BCUT2D eigenvalue weighted by Crippen LogP contribution is 2.23. The SMILES string of the molecule is O=C(NCC1CCCCN1CC(F)(F)F)Nc1cnc2[nH]ccc2n1. The van der Waals surface area contributed by atoms with E-state index in [2.05, 4.69) is 25.6 Å². The molecule has 2 aromatic heterocycles. The lowest BCUT2D eigenvalue weighted by atomic mass is 10.0. The van der Waals surface area contributed by atoms with Crippen LogP contribution in [-0.4, -0.2) is 57.7 Å². The van der Waals surface area contributed by atoms with Gasteiger partial charge in [-0.25, -0.2) is 14.8 Å². The summed E-state index contributed by atoms with van der Waals surface area (Å²) in [5, 5.41) is 5.17. The Morgan fingerprint density at radius 2 is 2.24 bits per heavy atom. The number of carbonyl (C=O) groups excluding carboxylic acids is 1. The number of hydrogen-bond donors (Lipinski definition) is 3. The topological polar surface area (TPSA) is 85.9 Å². The van der Waals surface area contributed by atoms with E-state index in [0.29, 0.717) is 24.1 Å². The lowest BCUT2D eigenvalue weighted by Gasteiger charge is -2.36. The minimum atomic E-state index is -4.24. The zero-order valence-electron chi connectivity index (χ0n) is 13.4. The molecule has 0 spiro atoms. The van der Waals surface area contributed by atoms with Gasteiger partial charge in [0.2, 0.25) is 0 Å². The first-order chi connectivity index (χ1) is 11.9. The Bertz CT molecular complexity index is 731. The summed E-state index contributed by atoms with van der Waals surface area (Å²) in [4.78, 5) is 24.6. The first kappa shape index (κ1) is 17.5. The van der Waals surface area contributed by atoms with Gasteiger partial charge in [-0.2, -0.15) is 13.2 Å². The molecule has 0 radical (unpaired) electrons. The summed E-state index contributed by atoms with van der Waals surface area (Å²) < 4.78 is 37.9. The molecule has 0 aliphatic carbocycles. The summed E-state index contributed by atoms with van der Waals surface area (Å²) in [5.41, 5.74) is 1.22. The monoisotopic (exact) mass is 356 g/mol. The Hall–Kier alpha value is -2.36. The van der Waals surface area contributed by atoms with Crippen LogP contribution in [0.1, 0.15) is 19.3 Å². The second-order valence-electron chi connectivity index (χ2n) is 6.04. The third kappa shape index (κ3) is 4.81. The van der Waals surface area contributed by atoms with Crippen LogP contribution < -0.4 is 10.6 Å². The average Bonchev–Trinajstić information content (AvgIpc) is 3.00. The third-order valence-electron chi connectivity index (χ3n) is 4.13. The van der Waals surface area contributed by atoms with Crippen molar-refractivity contribution >= 4 is 23.0 Å². The number of fused-ring (bicyclic) bond motifs is 1. The molecule has 2 aromatic rings. The fourth-order valence-corrected chi connectivity index (χ4v) is 2.99. The molecule has 3 rings (SSSR count). The number of H-pyrrole nitrogens is 1. The molecule has 0 saturated carbocycles. The van der Waals surface area contributed by atoms with Crippen LogP contribution in [0.5, 0.6) is 0 Å². The summed E-state index contributed by atoms with van der Waals surface area (Å²) in [6.45, 7) is -0.401. The van der Waals surface area contributed by atoms with Crippen molar-refractivity contribution in [1.82, 2.24) is 25.2 Å². The first-order valence-electron chi connectivity index (χ1n) is 8.06. The number of alkyl halides is 3. The van der Waals surface area contributed by atoms with Crippen molar-refractivity contribution in [3.63, 3.8) is 0 Å². The highest BCUT2D eigenvalue weighted by Gasteiger charge is 2.34. The predicted octanol–water partition coefficient (Wildman–Crippen LogP) is 2.50. The van der Waals surface area contributed by atoms with E-state index in [1.807, 2.05) is 0 Å². The van der Waals surface area contributed by atoms with Crippen LogP contribution in [-0.2, 0) is 0 Å². The fraction of sp³-hybridized carbons (Fsp3) is 0.533. The highest BCUT2D eigenvalue weighted by atomic mass is 19.4. The van der Waals surface area contributed by atoms with Crippen molar-refractivity contribution in [2.45, 2.75) is 31.5 Å². The largest absolute Gasteiger partial charge is 0.401 e. The number of nitrogens with one attached hydrogen (secondary N) is 3. The predicted molar refractivity (Wildman–Crippen MR) is 86.2 cm³/mol. The second-order valence-corrected chi connectivity index (χ2v) is 6.04. The van der Waals surface area contributed by atoms with E-state index in [4.69, 9.17) is 0 Å². The number of amides is 2. The standard InChI is InChI=1S/C15H19F3N6O/c16-15(17,18)9-24-6-2-1-3-10(24)7-21-14(25)23-12-8-20-13-11(22-12)4-5-19-13/h4-5,8,10H,1-3,6-7,9H2,(H,19,20)(H2,21,22,23,25). The molecule has 136 valence electrons. The normalized spacial score (nSPS) is 19.1. The van der Waals surface area contributed by atoms with Gasteiger partial charge in [0.05, 0.1) is 12.7 Å². The third-order valence-corrected chi connectivity index (χ3v) is 4.13. The van der Waals surface area contributed by atoms with Crippen LogP contribution in [0.25, 0.3) is 11.2 Å². The van der Waals surface area contributed by atoms with Crippen LogP contribution in [0.2, 0.25) is 0 Å². The van der Waals surface area contributed by atoms with Crippen molar-refractivity contribution < 1.29 is 18.0 Å². The number of rotatable bonds is 4. The summed E-state index contributed by atoms with van der Waals surface area (Å²) in [6, 6.07) is 0.892. The number of nitrogens with zero attached hydrogens (tertiary/aromatic N) is 3. The first-order valence-corrected chi connectivity index (χ1v) is 8.06. The Kier molecular flexibility index (Phi) is 5.07. The van der Waals surface area contributed by atoms with Crippen LogP contribution >= 0.6 is 0 Å².